The number of hydrogen-bond acceptors (Lipinski definition) is 5. The van der Waals surface area contributed by atoms with Crippen molar-refractivity contribution in [3.05, 3.63) is 29.8 Å². The van der Waals surface area contributed by atoms with Crippen LogP contribution in [0.3, 0.4) is 0 Å². The lowest BCUT2D eigenvalue weighted by Crippen LogP contribution is -2.39. The maximum absolute atomic E-state index is 11.6. The molecule has 0 aliphatic rings. The molecule has 0 aromatic heterocycles. The fourth-order valence-corrected chi connectivity index (χ4v) is 2.31. The first-order valence-corrected chi connectivity index (χ1v) is 9.96. The standard InChI is InChI=1S/C21H36N4O4/c1-21(2,3)29-20(26)25-13-6-12-23-19(22-4)24-14-7-15-28-16-17-8-10-18(27-5)11-9-17/h8-11H,6-7,12-16H2,1-5H3,(H,25,26)(H2,22,23,24). The van der Waals surface area contributed by atoms with E-state index < -0.39 is 11.7 Å². The third kappa shape index (κ3) is 12.6. The molecule has 0 unspecified atom stereocenters. The predicted octanol–water partition coefficient (Wildman–Crippen LogP) is 2.68. The Kier molecular flexibility index (Phi) is 11.6. The van der Waals surface area contributed by atoms with E-state index in [9.17, 15) is 4.79 Å². The van der Waals surface area contributed by atoms with E-state index in [1.807, 2.05) is 45.0 Å². The zero-order valence-electron chi connectivity index (χ0n) is 18.3. The molecule has 3 N–H and O–H groups in total. The number of rotatable bonds is 11. The van der Waals surface area contributed by atoms with Crippen molar-refractivity contribution < 1.29 is 19.0 Å². The molecule has 0 aliphatic carbocycles. The van der Waals surface area contributed by atoms with Crippen LogP contribution in [0, 0.1) is 0 Å². The molecule has 1 amide bonds. The average Bonchev–Trinajstić information content (AvgIpc) is 2.67. The molecule has 0 saturated heterocycles. The Bertz CT molecular complexity index is 612. The Balaban J connectivity index is 2.04. The number of ether oxygens (including phenoxy) is 3. The molecule has 8 nitrogen and oxygen atoms in total. The van der Waals surface area contributed by atoms with Gasteiger partial charge in [-0.1, -0.05) is 12.1 Å². The van der Waals surface area contributed by atoms with Crippen molar-refractivity contribution in [1.82, 2.24) is 16.0 Å². The summed E-state index contributed by atoms with van der Waals surface area (Å²) in [6.07, 6.45) is 1.25. The van der Waals surface area contributed by atoms with Crippen LogP contribution in [0.25, 0.3) is 0 Å². The largest absolute Gasteiger partial charge is 0.497 e. The summed E-state index contributed by atoms with van der Waals surface area (Å²) in [7, 11) is 3.39. The van der Waals surface area contributed by atoms with Gasteiger partial charge >= 0.3 is 6.09 Å². The molecule has 1 aromatic rings. The second-order valence-corrected chi connectivity index (χ2v) is 7.46. The van der Waals surface area contributed by atoms with E-state index in [1.54, 1.807) is 14.2 Å². The lowest BCUT2D eigenvalue weighted by Gasteiger charge is -2.19. The summed E-state index contributed by atoms with van der Waals surface area (Å²) in [6, 6.07) is 7.86. The quantitative estimate of drug-likeness (QED) is 0.296. The number of hydrogen-bond donors (Lipinski definition) is 3. The number of amides is 1. The van der Waals surface area contributed by atoms with Gasteiger partial charge in [-0.2, -0.15) is 0 Å². The molecule has 29 heavy (non-hydrogen) atoms. The topological polar surface area (TPSA) is 93.2 Å². The summed E-state index contributed by atoms with van der Waals surface area (Å²) in [5.41, 5.74) is 0.642. The Labute approximate surface area is 174 Å². The number of nitrogens with zero attached hydrogens (tertiary/aromatic N) is 1. The van der Waals surface area contributed by atoms with Crippen LogP contribution in [-0.2, 0) is 16.1 Å². The van der Waals surface area contributed by atoms with Gasteiger partial charge in [-0.15, -0.1) is 0 Å². The molecule has 0 fully saturated rings. The zero-order valence-corrected chi connectivity index (χ0v) is 18.3. The number of methoxy groups -OCH3 is 1. The summed E-state index contributed by atoms with van der Waals surface area (Å²) < 4.78 is 16.0. The van der Waals surface area contributed by atoms with Crippen molar-refractivity contribution in [2.75, 3.05) is 40.4 Å². The minimum absolute atomic E-state index is 0.394. The van der Waals surface area contributed by atoms with Crippen molar-refractivity contribution in [3.8, 4) is 5.75 Å². The Morgan fingerprint density at radius 2 is 1.62 bits per heavy atom. The van der Waals surface area contributed by atoms with Crippen LogP contribution in [-0.4, -0.2) is 58.1 Å². The van der Waals surface area contributed by atoms with Crippen molar-refractivity contribution in [3.63, 3.8) is 0 Å². The van der Waals surface area contributed by atoms with Crippen molar-refractivity contribution in [2.45, 2.75) is 45.8 Å². The second kappa shape index (κ2) is 13.7. The van der Waals surface area contributed by atoms with Gasteiger partial charge in [0.05, 0.1) is 13.7 Å². The van der Waals surface area contributed by atoms with Crippen LogP contribution in [0.1, 0.15) is 39.2 Å². The van der Waals surface area contributed by atoms with Crippen LogP contribution in [0.4, 0.5) is 4.79 Å². The van der Waals surface area contributed by atoms with Gasteiger partial charge in [0.15, 0.2) is 5.96 Å². The van der Waals surface area contributed by atoms with Gasteiger partial charge in [-0.3, -0.25) is 4.99 Å². The smallest absolute Gasteiger partial charge is 0.407 e. The second-order valence-electron chi connectivity index (χ2n) is 7.46. The highest BCUT2D eigenvalue weighted by molar-refractivity contribution is 5.79. The summed E-state index contributed by atoms with van der Waals surface area (Å²) in [4.78, 5) is 15.7. The van der Waals surface area contributed by atoms with Gasteiger partial charge in [0.1, 0.15) is 11.4 Å². The lowest BCUT2D eigenvalue weighted by molar-refractivity contribution is 0.0527. The van der Waals surface area contributed by atoms with Gasteiger partial charge in [0.25, 0.3) is 0 Å². The molecular weight excluding hydrogens is 372 g/mol. The lowest BCUT2D eigenvalue weighted by atomic mass is 10.2. The molecule has 0 saturated carbocycles. The summed E-state index contributed by atoms with van der Waals surface area (Å²) in [5.74, 6) is 1.58. The monoisotopic (exact) mass is 408 g/mol. The van der Waals surface area contributed by atoms with Crippen LogP contribution in [0.2, 0.25) is 0 Å². The average molecular weight is 409 g/mol. The third-order valence-corrected chi connectivity index (χ3v) is 3.72. The Morgan fingerprint density at radius 3 is 2.21 bits per heavy atom. The fourth-order valence-electron chi connectivity index (χ4n) is 2.31. The Hall–Kier alpha value is -2.48. The maximum Gasteiger partial charge on any atom is 0.407 e. The SMILES string of the molecule is CN=C(NCCCNC(=O)OC(C)(C)C)NCCCOCc1ccc(OC)cc1. The first kappa shape index (κ1) is 24.6. The van der Waals surface area contributed by atoms with Crippen LogP contribution in [0.15, 0.2) is 29.3 Å². The van der Waals surface area contributed by atoms with E-state index in [-0.39, 0.29) is 0 Å². The zero-order chi connectivity index (χ0) is 21.5. The Morgan fingerprint density at radius 1 is 1.00 bits per heavy atom. The highest BCUT2D eigenvalue weighted by Gasteiger charge is 2.15. The van der Waals surface area contributed by atoms with Crippen LogP contribution >= 0.6 is 0 Å². The van der Waals surface area contributed by atoms with E-state index >= 15 is 0 Å². The summed E-state index contributed by atoms with van der Waals surface area (Å²) in [5, 5.41) is 9.19. The van der Waals surface area contributed by atoms with Crippen LogP contribution < -0.4 is 20.7 Å². The van der Waals surface area contributed by atoms with Gasteiger partial charge < -0.3 is 30.2 Å². The van der Waals surface area contributed by atoms with E-state index in [4.69, 9.17) is 14.2 Å². The molecular formula is C21H36N4O4. The number of aliphatic imine (C=N–C) groups is 1. The number of guanidine groups is 1. The minimum atomic E-state index is -0.480. The number of nitrogens with one attached hydrogen (secondary N) is 3. The molecule has 0 heterocycles. The van der Waals surface area contributed by atoms with Gasteiger partial charge in [-0.25, -0.2) is 4.79 Å². The molecule has 0 radical (unpaired) electrons. The van der Waals surface area contributed by atoms with Crippen molar-refractivity contribution >= 4 is 12.1 Å². The highest BCUT2D eigenvalue weighted by atomic mass is 16.6. The maximum atomic E-state index is 11.6. The number of alkyl carbamates (subject to hydrolysis) is 1. The molecule has 0 atom stereocenters. The number of benzene rings is 1. The molecule has 0 aliphatic heterocycles. The van der Waals surface area contributed by atoms with Gasteiger partial charge in [0, 0.05) is 33.3 Å². The molecule has 0 spiro atoms. The van der Waals surface area contributed by atoms with Crippen molar-refractivity contribution in [2.24, 2.45) is 4.99 Å². The van der Waals surface area contributed by atoms with Crippen molar-refractivity contribution in [1.29, 1.82) is 0 Å². The van der Waals surface area contributed by atoms with Gasteiger partial charge in [0.2, 0.25) is 0 Å². The minimum Gasteiger partial charge on any atom is -0.497 e. The predicted molar refractivity (Wildman–Crippen MR) is 115 cm³/mol. The highest BCUT2D eigenvalue weighted by Crippen LogP contribution is 2.11. The molecule has 1 aromatic carbocycles. The van der Waals surface area contributed by atoms with Crippen LogP contribution in [0.5, 0.6) is 5.75 Å². The third-order valence-electron chi connectivity index (χ3n) is 3.72. The number of carbonyl (C=O) groups is 1. The fraction of sp³-hybridized carbons (Fsp3) is 0.619. The molecule has 1 rings (SSSR count). The normalized spacial score (nSPS) is 11.7. The van der Waals surface area contributed by atoms with E-state index in [1.165, 1.54) is 0 Å². The van der Waals surface area contributed by atoms with Gasteiger partial charge in [-0.05, 0) is 51.3 Å². The first-order valence-electron chi connectivity index (χ1n) is 9.96. The first-order chi connectivity index (χ1) is 13.8. The van der Waals surface area contributed by atoms with E-state index in [2.05, 4.69) is 20.9 Å². The van der Waals surface area contributed by atoms with E-state index in [0.29, 0.717) is 26.3 Å². The molecule has 164 valence electrons. The molecule has 0 bridgehead atoms. The molecule has 8 heteroatoms. The summed E-state index contributed by atoms with van der Waals surface area (Å²) >= 11 is 0. The van der Waals surface area contributed by atoms with E-state index in [0.717, 1.165) is 36.7 Å². The summed E-state index contributed by atoms with van der Waals surface area (Å²) in [6.45, 7) is 8.77. The number of carbonyl (C=O) groups excluding carboxylic acids is 1.